The van der Waals surface area contributed by atoms with E-state index < -0.39 is 11.5 Å². The number of amides is 1. The van der Waals surface area contributed by atoms with E-state index in [2.05, 4.69) is 29.8 Å². The Hall–Kier alpha value is -1.98. The van der Waals surface area contributed by atoms with Crippen LogP contribution in [-0.4, -0.2) is 23.3 Å². The number of anilines is 1. The van der Waals surface area contributed by atoms with Crippen molar-refractivity contribution in [3.63, 3.8) is 0 Å². The molecule has 0 saturated carbocycles. The van der Waals surface area contributed by atoms with Crippen molar-refractivity contribution in [2.24, 2.45) is 0 Å². The van der Waals surface area contributed by atoms with Gasteiger partial charge in [0.2, 0.25) is 0 Å². The van der Waals surface area contributed by atoms with E-state index in [1.165, 1.54) is 4.90 Å². The van der Waals surface area contributed by atoms with Gasteiger partial charge in [0.15, 0.2) is 11.4 Å². The third kappa shape index (κ3) is 3.10. The van der Waals surface area contributed by atoms with E-state index in [1.807, 2.05) is 25.1 Å². The number of hydrogen-bond acceptors (Lipinski definition) is 3. The van der Waals surface area contributed by atoms with Crippen LogP contribution in [-0.2, 0) is 10.4 Å². The number of ketones is 1. The maximum absolute atomic E-state index is 12.8. The number of fused-ring (bicyclic) bond motifs is 1. The fourth-order valence-corrected chi connectivity index (χ4v) is 3.76. The Balaban J connectivity index is 1.94. The average Bonchev–Trinajstić information content (AvgIpc) is 2.82. The summed E-state index contributed by atoms with van der Waals surface area (Å²) >= 11 is 3.39. The number of aliphatic hydroxyl groups is 1. The lowest BCUT2D eigenvalue weighted by molar-refractivity contribution is -0.135. The zero-order valence-electron chi connectivity index (χ0n) is 15.1. The van der Waals surface area contributed by atoms with E-state index in [0.717, 1.165) is 10.0 Å². The summed E-state index contributed by atoms with van der Waals surface area (Å²) in [6.45, 7) is 6.46. The van der Waals surface area contributed by atoms with Crippen molar-refractivity contribution in [2.75, 3.05) is 11.4 Å². The van der Waals surface area contributed by atoms with Crippen molar-refractivity contribution >= 4 is 33.3 Å². The Kier molecular flexibility index (Phi) is 5.04. The first-order valence-electron chi connectivity index (χ1n) is 8.75. The van der Waals surface area contributed by atoms with Crippen molar-refractivity contribution in [3.05, 3.63) is 63.6 Å². The highest BCUT2D eigenvalue weighted by atomic mass is 79.9. The minimum absolute atomic E-state index is 0.250. The fraction of sp³-hybridized carbons (Fsp3) is 0.333. The zero-order valence-corrected chi connectivity index (χ0v) is 16.7. The fourth-order valence-electron chi connectivity index (χ4n) is 3.40. The highest BCUT2D eigenvalue weighted by Gasteiger charge is 2.50. The van der Waals surface area contributed by atoms with Gasteiger partial charge in [-0.2, -0.15) is 0 Å². The van der Waals surface area contributed by atoms with Gasteiger partial charge in [0.05, 0.1) is 12.1 Å². The maximum Gasteiger partial charge on any atom is 0.264 e. The topological polar surface area (TPSA) is 57.6 Å². The van der Waals surface area contributed by atoms with Crippen LogP contribution in [0, 0.1) is 0 Å². The SMILES string of the molecule is CCN1C(=O)[C@@](O)(CC(=O)c2ccc(C(C)C)cc2)c2cc(Br)ccc21. The Morgan fingerprint density at radius 3 is 2.42 bits per heavy atom. The molecule has 0 spiro atoms. The molecule has 26 heavy (non-hydrogen) atoms. The van der Waals surface area contributed by atoms with Gasteiger partial charge in [-0.25, -0.2) is 0 Å². The summed E-state index contributed by atoms with van der Waals surface area (Å²) in [6.07, 6.45) is -0.271. The molecule has 1 aliphatic rings. The van der Waals surface area contributed by atoms with Gasteiger partial charge in [0.25, 0.3) is 5.91 Å². The number of hydrogen-bond donors (Lipinski definition) is 1. The lowest BCUT2D eigenvalue weighted by Crippen LogP contribution is -2.41. The minimum Gasteiger partial charge on any atom is -0.375 e. The number of rotatable bonds is 5. The molecule has 0 aliphatic carbocycles. The summed E-state index contributed by atoms with van der Waals surface area (Å²) in [5, 5.41) is 11.2. The van der Waals surface area contributed by atoms with Gasteiger partial charge in [-0.3, -0.25) is 9.59 Å². The molecule has 1 amide bonds. The van der Waals surface area contributed by atoms with Crippen LogP contribution in [0.15, 0.2) is 46.9 Å². The van der Waals surface area contributed by atoms with E-state index in [-0.39, 0.29) is 12.2 Å². The van der Waals surface area contributed by atoms with Gasteiger partial charge in [-0.05, 0) is 36.6 Å². The van der Waals surface area contributed by atoms with Crippen LogP contribution in [0.1, 0.15) is 54.6 Å². The normalized spacial score (nSPS) is 19.2. The number of halogens is 1. The lowest BCUT2D eigenvalue weighted by Gasteiger charge is -2.22. The molecule has 1 atom stereocenters. The van der Waals surface area contributed by atoms with E-state index >= 15 is 0 Å². The largest absolute Gasteiger partial charge is 0.375 e. The van der Waals surface area contributed by atoms with Gasteiger partial charge in [-0.15, -0.1) is 0 Å². The summed E-state index contributed by atoms with van der Waals surface area (Å²) in [6, 6.07) is 12.7. The molecule has 5 heteroatoms. The molecular weight excluding hydrogens is 394 g/mol. The van der Waals surface area contributed by atoms with Crippen molar-refractivity contribution in [3.8, 4) is 0 Å². The summed E-state index contributed by atoms with van der Waals surface area (Å²) < 4.78 is 0.758. The number of nitrogens with zero attached hydrogens (tertiary/aromatic N) is 1. The van der Waals surface area contributed by atoms with Crippen molar-refractivity contribution in [1.82, 2.24) is 0 Å². The average molecular weight is 416 g/mol. The van der Waals surface area contributed by atoms with Gasteiger partial charge < -0.3 is 10.0 Å². The van der Waals surface area contributed by atoms with Gasteiger partial charge >= 0.3 is 0 Å². The summed E-state index contributed by atoms with van der Waals surface area (Å²) in [5.74, 6) is -0.317. The number of carbonyl (C=O) groups is 2. The molecule has 0 fully saturated rings. The molecule has 0 radical (unpaired) electrons. The highest BCUT2D eigenvalue weighted by Crippen LogP contribution is 2.44. The first kappa shape index (κ1) is 18.8. The number of likely N-dealkylation sites (N-methyl/N-ethyl adjacent to an activating group) is 1. The quantitative estimate of drug-likeness (QED) is 0.736. The summed E-state index contributed by atoms with van der Waals surface area (Å²) in [5.41, 5.74) is 0.950. The molecule has 0 bridgehead atoms. The molecule has 0 saturated heterocycles. The molecule has 2 aromatic rings. The zero-order chi connectivity index (χ0) is 19.1. The van der Waals surface area contributed by atoms with Gasteiger partial charge in [0, 0.05) is 22.1 Å². The lowest BCUT2D eigenvalue weighted by atomic mass is 9.87. The molecule has 0 aromatic heterocycles. The van der Waals surface area contributed by atoms with E-state index in [9.17, 15) is 14.7 Å². The van der Waals surface area contributed by atoms with Crippen LogP contribution in [0.25, 0.3) is 0 Å². The molecule has 0 unspecified atom stereocenters. The second-order valence-corrected chi connectivity index (χ2v) is 7.86. The van der Waals surface area contributed by atoms with E-state index in [1.54, 1.807) is 24.3 Å². The van der Waals surface area contributed by atoms with Crippen molar-refractivity contribution in [1.29, 1.82) is 0 Å². The smallest absolute Gasteiger partial charge is 0.264 e. The van der Waals surface area contributed by atoms with Gasteiger partial charge in [0.1, 0.15) is 0 Å². The van der Waals surface area contributed by atoms with Crippen molar-refractivity contribution in [2.45, 2.75) is 38.7 Å². The molecule has 1 N–H and O–H groups in total. The molecule has 2 aromatic carbocycles. The van der Waals surface area contributed by atoms with Crippen LogP contribution in [0.4, 0.5) is 5.69 Å². The molecule has 3 rings (SSSR count). The Morgan fingerprint density at radius 1 is 1.19 bits per heavy atom. The van der Waals surface area contributed by atoms with E-state index in [4.69, 9.17) is 0 Å². The number of Topliss-reactive ketones (excluding diaryl/α,β-unsaturated/α-hetero) is 1. The molecular formula is C21H22BrNO3. The third-order valence-corrected chi connectivity index (χ3v) is 5.42. The Labute approximate surface area is 162 Å². The standard InChI is InChI=1S/C21H22BrNO3/c1-4-23-18-10-9-16(22)11-17(18)21(26,20(23)25)12-19(24)15-7-5-14(6-8-15)13(2)3/h5-11,13,26H,4,12H2,1-3H3/t21-/m1/s1. The van der Waals surface area contributed by atoms with E-state index in [0.29, 0.717) is 29.3 Å². The maximum atomic E-state index is 12.8. The molecule has 1 aliphatic heterocycles. The first-order valence-corrected chi connectivity index (χ1v) is 9.54. The predicted molar refractivity (Wildman–Crippen MR) is 106 cm³/mol. The van der Waals surface area contributed by atoms with Crippen LogP contribution in [0.5, 0.6) is 0 Å². The third-order valence-electron chi connectivity index (χ3n) is 4.93. The molecule has 136 valence electrons. The second kappa shape index (κ2) is 6.97. The van der Waals surface area contributed by atoms with Crippen molar-refractivity contribution < 1.29 is 14.7 Å². The number of carbonyl (C=O) groups excluding carboxylic acids is 2. The minimum atomic E-state index is -1.83. The first-order chi connectivity index (χ1) is 12.3. The van der Waals surface area contributed by atoms with Crippen LogP contribution in [0.3, 0.4) is 0 Å². The summed E-state index contributed by atoms with van der Waals surface area (Å²) in [7, 11) is 0. The second-order valence-electron chi connectivity index (χ2n) is 6.95. The predicted octanol–water partition coefficient (Wildman–Crippen LogP) is 4.40. The highest BCUT2D eigenvalue weighted by molar-refractivity contribution is 9.10. The van der Waals surface area contributed by atoms with Gasteiger partial charge in [-0.1, -0.05) is 54.0 Å². The van der Waals surface area contributed by atoms with Crippen LogP contribution in [0.2, 0.25) is 0 Å². The molecule has 4 nitrogen and oxygen atoms in total. The number of benzene rings is 2. The Morgan fingerprint density at radius 2 is 1.85 bits per heavy atom. The molecule has 1 heterocycles. The van der Waals surface area contributed by atoms with Crippen LogP contribution >= 0.6 is 15.9 Å². The summed E-state index contributed by atoms with van der Waals surface area (Å²) in [4.78, 5) is 27.1. The van der Waals surface area contributed by atoms with Crippen LogP contribution < -0.4 is 4.90 Å². The monoisotopic (exact) mass is 415 g/mol. The Bertz CT molecular complexity index is 860.